The van der Waals surface area contributed by atoms with Gasteiger partial charge in [0.1, 0.15) is 12.4 Å². The molecule has 0 radical (unpaired) electrons. The zero-order valence-corrected chi connectivity index (χ0v) is 25.1. The highest BCUT2D eigenvalue weighted by Crippen LogP contribution is 2.36. The van der Waals surface area contributed by atoms with Gasteiger partial charge in [0.15, 0.2) is 16.3 Å². The largest absolute Gasteiger partial charge is 0.493 e. The molecule has 8 nitrogen and oxygen atoms in total. The smallest absolute Gasteiger partial charge is 0.338 e. The fourth-order valence-electron chi connectivity index (χ4n) is 4.35. The van der Waals surface area contributed by atoms with E-state index in [9.17, 15) is 14.0 Å². The lowest BCUT2D eigenvalue weighted by molar-refractivity contribution is -0.140. The Morgan fingerprint density at radius 3 is 2.63 bits per heavy atom. The first-order valence-corrected chi connectivity index (χ1v) is 14.3. The quantitative estimate of drug-likeness (QED) is 0.235. The second-order valence-electron chi connectivity index (χ2n) is 9.79. The van der Waals surface area contributed by atoms with Gasteiger partial charge in [-0.2, -0.15) is 0 Å². The van der Waals surface area contributed by atoms with E-state index in [1.807, 2.05) is 0 Å². The van der Waals surface area contributed by atoms with Crippen molar-refractivity contribution in [1.82, 2.24) is 4.57 Å². The van der Waals surface area contributed by atoms with Gasteiger partial charge in [-0.3, -0.25) is 9.36 Å². The molecular weight excluding hydrogens is 571 g/mol. The van der Waals surface area contributed by atoms with Crippen molar-refractivity contribution in [2.75, 3.05) is 34.0 Å². The molecule has 4 rings (SSSR count). The second-order valence-corrected chi connectivity index (χ2v) is 11.2. The summed E-state index contributed by atoms with van der Waals surface area (Å²) >= 11 is 7.31. The van der Waals surface area contributed by atoms with Gasteiger partial charge < -0.3 is 18.9 Å². The lowest BCUT2D eigenvalue weighted by atomic mass is 9.95. The van der Waals surface area contributed by atoms with Crippen molar-refractivity contribution in [2.45, 2.75) is 33.2 Å². The fraction of sp³-hybridized carbons (Fsp3) is 0.367. The molecule has 2 aromatic carbocycles. The van der Waals surface area contributed by atoms with Crippen molar-refractivity contribution >= 4 is 35.0 Å². The minimum absolute atomic E-state index is 0.0288. The van der Waals surface area contributed by atoms with Gasteiger partial charge in [0, 0.05) is 12.7 Å². The lowest BCUT2D eigenvalue weighted by Crippen LogP contribution is -2.40. The maximum absolute atomic E-state index is 14.6. The van der Waals surface area contributed by atoms with Crippen LogP contribution in [0.25, 0.3) is 6.08 Å². The number of esters is 1. The van der Waals surface area contributed by atoms with E-state index >= 15 is 0 Å². The van der Waals surface area contributed by atoms with Crippen LogP contribution in [-0.2, 0) is 14.3 Å². The van der Waals surface area contributed by atoms with Crippen LogP contribution in [0.5, 0.6) is 11.5 Å². The van der Waals surface area contributed by atoms with Crippen molar-refractivity contribution in [3.63, 3.8) is 0 Å². The molecule has 41 heavy (non-hydrogen) atoms. The van der Waals surface area contributed by atoms with Gasteiger partial charge in [0.2, 0.25) is 0 Å². The van der Waals surface area contributed by atoms with E-state index < -0.39 is 23.4 Å². The molecule has 3 aromatic rings. The minimum atomic E-state index is -0.891. The summed E-state index contributed by atoms with van der Waals surface area (Å²) in [6, 6.07) is 8.69. The number of carbonyl (C=O) groups excluding carboxylic acids is 1. The number of thiazole rings is 1. The third-order valence-electron chi connectivity index (χ3n) is 6.49. The lowest BCUT2D eigenvalue weighted by Gasteiger charge is -2.25. The van der Waals surface area contributed by atoms with Gasteiger partial charge in [-0.05, 0) is 55.2 Å². The second kappa shape index (κ2) is 13.5. The number of nitrogens with zero attached hydrogens (tertiary/aromatic N) is 2. The molecule has 0 aliphatic carbocycles. The van der Waals surface area contributed by atoms with E-state index in [0.29, 0.717) is 40.1 Å². The molecule has 218 valence electrons. The van der Waals surface area contributed by atoms with E-state index in [2.05, 4.69) is 18.8 Å². The van der Waals surface area contributed by atoms with Crippen LogP contribution in [-0.4, -0.2) is 44.6 Å². The molecule has 0 bridgehead atoms. The summed E-state index contributed by atoms with van der Waals surface area (Å²) in [6.07, 6.45) is 2.27. The number of halogens is 2. The topological polar surface area (TPSA) is 88.4 Å². The zero-order chi connectivity index (χ0) is 29.7. The predicted octanol–water partition coefficient (Wildman–Crippen LogP) is 4.65. The molecule has 0 fully saturated rings. The average Bonchev–Trinajstić information content (AvgIpc) is 3.24. The molecule has 0 spiro atoms. The Balaban J connectivity index is 1.87. The number of allylic oxidation sites excluding steroid dienone is 1. The highest BCUT2D eigenvalue weighted by molar-refractivity contribution is 7.07. The average molecular weight is 603 g/mol. The SMILES string of the molecule is COCCOC(=O)C1=C(C)N=c2sc(=Cc3c(F)cccc3Cl)c(=O)n2C1c1ccc(OCCC(C)C)c(OC)c1. The Kier molecular flexibility index (Phi) is 10.0. The number of hydrogen-bond donors (Lipinski definition) is 0. The van der Waals surface area contributed by atoms with Gasteiger partial charge in [-0.25, -0.2) is 14.2 Å². The first-order valence-electron chi connectivity index (χ1n) is 13.1. The van der Waals surface area contributed by atoms with Crippen LogP contribution in [0, 0.1) is 11.7 Å². The summed E-state index contributed by atoms with van der Waals surface area (Å²) in [6.45, 7) is 6.66. The monoisotopic (exact) mass is 602 g/mol. The fourth-order valence-corrected chi connectivity index (χ4v) is 5.60. The highest BCUT2D eigenvalue weighted by atomic mass is 35.5. The molecule has 1 aliphatic heterocycles. The van der Waals surface area contributed by atoms with Crippen LogP contribution < -0.4 is 24.4 Å². The Labute approximate surface area is 246 Å². The Morgan fingerprint density at radius 2 is 1.95 bits per heavy atom. The summed E-state index contributed by atoms with van der Waals surface area (Å²) < 4.78 is 38.3. The standard InChI is InChI=1S/C30H32ClFN2O6S/c1-17(2)11-12-39-23-10-9-19(15-24(23)38-5)27-26(29(36)40-14-13-37-4)18(3)33-30-34(27)28(35)25(41-30)16-20-21(31)7-6-8-22(20)32/h6-10,15-17,27H,11-14H2,1-5H3. The number of carbonyl (C=O) groups is 1. The number of hydrogen-bond acceptors (Lipinski definition) is 8. The van der Waals surface area contributed by atoms with Crippen LogP contribution >= 0.6 is 22.9 Å². The number of aromatic nitrogens is 1. The van der Waals surface area contributed by atoms with E-state index in [1.165, 1.54) is 37.0 Å². The van der Waals surface area contributed by atoms with Gasteiger partial charge in [0.05, 0.1) is 47.2 Å². The summed E-state index contributed by atoms with van der Waals surface area (Å²) in [5.74, 6) is 0.282. The van der Waals surface area contributed by atoms with E-state index in [-0.39, 0.29) is 33.9 Å². The van der Waals surface area contributed by atoms with Crippen LogP contribution in [0.1, 0.15) is 44.4 Å². The van der Waals surface area contributed by atoms with Crippen LogP contribution in [0.3, 0.4) is 0 Å². The summed E-state index contributed by atoms with van der Waals surface area (Å²) in [5.41, 5.74) is 0.812. The molecular formula is C30H32ClFN2O6S. The third-order valence-corrected chi connectivity index (χ3v) is 7.81. The Bertz CT molecular complexity index is 1620. The molecule has 11 heteroatoms. The van der Waals surface area contributed by atoms with E-state index in [1.54, 1.807) is 31.2 Å². The molecule has 0 amide bonds. The molecule has 2 heterocycles. The van der Waals surface area contributed by atoms with E-state index in [4.69, 9.17) is 30.5 Å². The van der Waals surface area contributed by atoms with Gasteiger partial charge in [0.25, 0.3) is 5.56 Å². The van der Waals surface area contributed by atoms with E-state index in [0.717, 1.165) is 17.8 Å². The molecule has 1 aliphatic rings. The number of fused-ring (bicyclic) bond motifs is 1. The number of rotatable bonds is 11. The number of ether oxygens (including phenoxy) is 4. The Hall–Kier alpha value is -3.47. The normalized spacial score (nSPS) is 15.1. The van der Waals surface area contributed by atoms with Crippen LogP contribution in [0.4, 0.5) is 4.39 Å². The molecule has 0 N–H and O–H groups in total. The van der Waals surface area contributed by atoms with Crippen molar-refractivity contribution < 1.29 is 28.1 Å². The highest BCUT2D eigenvalue weighted by Gasteiger charge is 2.34. The summed E-state index contributed by atoms with van der Waals surface area (Å²) in [7, 11) is 3.03. The third kappa shape index (κ3) is 6.72. The Morgan fingerprint density at radius 1 is 1.17 bits per heavy atom. The van der Waals surface area contributed by atoms with Crippen molar-refractivity contribution in [3.05, 3.63) is 89.3 Å². The van der Waals surface area contributed by atoms with Crippen LogP contribution in [0.15, 0.2) is 57.5 Å². The minimum Gasteiger partial charge on any atom is -0.493 e. The van der Waals surface area contributed by atoms with Crippen molar-refractivity contribution in [1.29, 1.82) is 0 Å². The number of benzene rings is 2. The summed E-state index contributed by atoms with van der Waals surface area (Å²) in [5, 5.41) is 0.170. The number of methoxy groups -OCH3 is 2. The molecule has 1 aromatic heterocycles. The predicted molar refractivity (Wildman–Crippen MR) is 156 cm³/mol. The van der Waals surface area contributed by atoms with Gasteiger partial charge >= 0.3 is 5.97 Å². The van der Waals surface area contributed by atoms with Crippen LogP contribution in [0.2, 0.25) is 5.02 Å². The molecule has 1 atom stereocenters. The van der Waals surface area contributed by atoms with Gasteiger partial charge in [-0.1, -0.05) is 48.9 Å². The molecule has 1 unspecified atom stereocenters. The maximum Gasteiger partial charge on any atom is 0.338 e. The zero-order valence-electron chi connectivity index (χ0n) is 23.5. The molecule has 0 saturated carbocycles. The first kappa shape index (κ1) is 30.5. The van der Waals surface area contributed by atoms with Gasteiger partial charge in [-0.15, -0.1) is 0 Å². The van der Waals surface area contributed by atoms with Crippen molar-refractivity contribution in [3.8, 4) is 11.5 Å². The maximum atomic E-state index is 14.6. The first-order chi connectivity index (χ1) is 19.7. The summed E-state index contributed by atoms with van der Waals surface area (Å²) in [4.78, 5) is 32.1. The molecule has 0 saturated heterocycles. The van der Waals surface area contributed by atoms with Crippen molar-refractivity contribution in [2.24, 2.45) is 10.9 Å².